The first-order valence-electron chi connectivity index (χ1n) is 16.6. The van der Waals surface area contributed by atoms with Gasteiger partial charge >= 0.3 is 35.8 Å². The second kappa shape index (κ2) is 15.1. The average Bonchev–Trinajstić information content (AvgIpc) is 2.99. The molecule has 10 atom stereocenters. The van der Waals surface area contributed by atoms with Crippen LogP contribution in [0, 0.1) is 5.92 Å². The number of rotatable bonds is 14. The third-order valence-corrected chi connectivity index (χ3v) is 9.66. The molecule has 6 fully saturated rings. The molecule has 6 rings (SSSR count). The molecular formula is C33H49NO16. The lowest BCUT2D eigenvalue weighted by atomic mass is 9.65. The molecule has 282 valence electrons. The molecule has 0 radical (unpaired) electrons. The SMILES string of the molecule is CC(=O)OCC1OC2(OC34CCC(OCCN(C)C)(OC3COC(C)=O)C(OC(C)=O)C4OC(C)=O)CCC1(OC(C)=O)C(OC(C)=O)C2C. The Morgan fingerprint density at radius 2 is 1.10 bits per heavy atom. The summed E-state index contributed by atoms with van der Waals surface area (Å²) in [5.41, 5.74) is -3.29. The molecule has 0 spiro atoms. The van der Waals surface area contributed by atoms with Gasteiger partial charge in [0, 0.05) is 60.9 Å². The van der Waals surface area contributed by atoms with Gasteiger partial charge in [-0.1, -0.05) is 6.92 Å². The van der Waals surface area contributed by atoms with E-state index >= 15 is 0 Å². The predicted molar refractivity (Wildman–Crippen MR) is 166 cm³/mol. The van der Waals surface area contributed by atoms with E-state index < -0.39 is 102 Å². The monoisotopic (exact) mass is 715 g/mol. The summed E-state index contributed by atoms with van der Waals surface area (Å²) in [7, 11) is 3.69. The highest BCUT2D eigenvalue weighted by Gasteiger charge is 2.76. The number of hydrogen-bond donors (Lipinski definition) is 0. The molecule has 0 N–H and O–H groups in total. The predicted octanol–water partition coefficient (Wildman–Crippen LogP) is 0.957. The molecule has 4 aliphatic heterocycles. The number of ether oxygens (including phenoxy) is 10. The fourth-order valence-corrected chi connectivity index (χ4v) is 7.68. The Bertz CT molecular complexity index is 1340. The lowest BCUT2D eigenvalue weighted by Crippen LogP contribution is -2.82. The molecule has 0 amide bonds. The van der Waals surface area contributed by atoms with Crippen molar-refractivity contribution in [1.82, 2.24) is 4.90 Å². The molecule has 0 aromatic rings. The lowest BCUT2D eigenvalue weighted by Gasteiger charge is -2.66. The van der Waals surface area contributed by atoms with Gasteiger partial charge < -0.3 is 52.3 Å². The lowest BCUT2D eigenvalue weighted by molar-refractivity contribution is -0.480. The van der Waals surface area contributed by atoms with Crippen molar-refractivity contribution < 1.29 is 76.1 Å². The first-order valence-corrected chi connectivity index (χ1v) is 16.6. The van der Waals surface area contributed by atoms with Crippen LogP contribution in [0.15, 0.2) is 0 Å². The number of nitrogens with zero attached hydrogens (tertiary/aromatic N) is 1. The molecule has 2 saturated carbocycles. The second-order valence-electron chi connectivity index (χ2n) is 13.6. The van der Waals surface area contributed by atoms with E-state index in [1.54, 1.807) is 6.92 Å². The molecule has 10 unspecified atom stereocenters. The average molecular weight is 716 g/mol. The van der Waals surface area contributed by atoms with Crippen LogP contribution in [0.1, 0.15) is 74.1 Å². The van der Waals surface area contributed by atoms with Gasteiger partial charge in [-0.2, -0.15) is 0 Å². The minimum Gasteiger partial charge on any atom is -0.463 e. The first kappa shape index (κ1) is 39.4. The van der Waals surface area contributed by atoms with E-state index in [2.05, 4.69) is 0 Å². The van der Waals surface area contributed by atoms with E-state index in [-0.39, 0.29) is 38.9 Å². The maximum absolute atomic E-state index is 12.8. The van der Waals surface area contributed by atoms with Crippen molar-refractivity contribution >= 4 is 35.8 Å². The number of esters is 6. The smallest absolute Gasteiger partial charge is 0.303 e. The van der Waals surface area contributed by atoms with Gasteiger partial charge in [0.2, 0.25) is 5.79 Å². The summed E-state index contributed by atoms with van der Waals surface area (Å²) in [4.78, 5) is 76.4. The van der Waals surface area contributed by atoms with E-state index in [0.717, 1.165) is 0 Å². The minimum absolute atomic E-state index is 0.0372. The molecule has 0 aromatic carbocycles. The molecular weight excluding hydrogens is 666 g/mol. The molecule has 2 aliphatic carbocycles. The largest absolute Gasteiger partial charge is 0.463 e. The molecule has 4 bridgehead atoms. The quantitative estimate of drug-likeness (QED) is 0.182. The minimum atomic E-state index is -1.73. The normalized spacial score (nSPS) is 37.1. The topological polar surface area (TPSA) is 198 Å². The number of hydrogen-bond acceptors (Lipinski definition) is 17. The Morgan fingerprint density at radius 3 is 1.62 bits per heavy atom. The van der Waals surface area contributed by atoms with Gasteiger partial charge in [-0.05, 0) is 26.9 Å². The molecule has 6 aliphatic rings. The Balaban J connectivity index is 1.88. The molecule has 50 heavy (non-hydrogen) atoms. The first-order chi connectivity index (χ1) is 23.3. The standard InChI is InChI=1S/C33H49NO16/c1-18-27(44-21(4)37)30(47-24(7)40)10-12-32(18,48-25(30)16-41-19(2)35)50-31-11-13-33(43-15-14-34(8)9,49-26(31)17-42-20(3)36)29(46-23(6)39)28(31)45-22(5)38/h18,25-29H,10-17H2,1-9H3. The summed E-state index contributed by atoms with van der Waals surface area (Å²) in [6.07, 6.45) is -6.04. The number of carbonyl (C=O) groups is 6. The summed E-state index contributed by atoms with van der Waals surface area (Å²) in [5, 5.41) is 0. The van der Waals surface area contributed by atoms with Crippen molar-refractivity contribution in [2.45, 2.75) is 127 Å². The van der Waals surface area contributed by atoms with Gasteiger partial charge in [-0.3, -0.25) is 28.8 Å². The van der Waals surface area contributed by atoms with Crippen LogP contribution in [0.2, 0.25) is 0 Å². The van der Waals surface area contributed by atoms with E-state index in [1.165, 1.54) is 41.5 Å². The maximum atomic E-state index is 12.8. The Hall–Kier alpha value is -3.38. The summed E-state index contributed by atoms with van der Waals surface area (Å²) in [6, 6.07) is 0. The Morgan fingerprint density at radius 1 is 0.620 bits per heavy atom. The van der Waals surface area contributed by atoms with Crippen LogP contribution in [0.25, 0.3) is 0 Å². The van der Waals surface area contributed by atoms with Crippen LogP contribution in [-0.4, -0.2) is 134 Å². The molecule has 4 saturated heterocycles. The van der Waals surface area contributed by atoms with Crippen LogP contribution in [0.5, 0.6) is 0 Å². The van der Waals surface area contributed by atoms with Gasteiger partial charge in [0.15, 0.2) is 29.7 Å². The van der Waals surface area contributed by atoms with Crippen molar-refractivity contribution in [1.29, 1.82) is 0 Å². The van der Waals surface area contributed by atoms with E-state index in [0.29, 0.717) is 6.54 Å². The van der Waals surface area contributed by atoms with Crippen LogP contribution < -0.4 is 0 Å². The summed E-state index contributed by atoms with van der Waals surface area (Å²) < 4.78 is 60.9. The highest BCUT2D eigenvalue weighted by Crippen LogP contribution is 2.60. The molecule has 4 heterocycles. The highest BCUT2D eigenvalue weighted by atomic mass is 16.8. The van der Waals surface area contributed by atoms with Crippen LogP contribution in [0.3, 0.4) is 0 Å². The number of likely N-dealkylation sites (N-methyl/N-ethyl adjacent to an activating group) is 1. The summed E-state index contributed by atoms with van der Waals surface area (Å²) in [5.74, 6) is -8.30. The van der Waals surface area contributed by atoms with Crippen molar-refractivity contribution in [2.75, 3.05) is 40.5 Å². The molecule has 17 nitrogen and oxygen atoms in total. The summed E-state index contributed by atoms with van der Waals surface area (Å²) >= 11 is 0. The second-order valence-corrected chi connectivity index (χ2v) is 13.6. The third kappa shape index (κ3) is 7.76. The Labute approximate surface area is 290 Å². The zero-order valence-corrected chi connectivity index (χ0v) is 30.1. The molecule has 17 heteroatoms. The molecule has 0 aromatic heterocycles. The van der Waals surface area contributed by atoms with Gasteiger partial charge in [0.25, 0.3) is 0 Å². The van der Waals surface area contributed by atoms with Gasteiger partial charge in [0.05, 0.1) is 12.5 Å². The number of carbonyl (C=O) groups excluding carboxylic acids is 6. The summed E-state index contributed by atoms with van der Waals surface area (Å²) in [6.45, 7) is 8.68. The van der Waals surface area contributed by atoms with E-state index in [9.17, 15) is 28.8 Å². The van der Waals surface area contributed by atoms with E-state index in [1.807, 2.05) is 19.0 Å². The van der Waals surface area contributed by atoms with Gasteiger partial charge in [-0.15, -0.1) is 0 Å². The number of fused-ring (bicyclic) bond motifs is 6. The fraction of sp³-hybridized carbons (Fsp3) is 0.818. The van der Waals surface area contributed by atoms with E-state index in [4.69, 9.17) is 47.4 Å². The van der Waals surface area contributed by atoms with Crippen LogP contribution in [-0.2, 0) is 76.1 Å². The van der Waals surface area contributed by atoms with Gasteiger partial charge in [-0.25, -0.2) is 0 Å². The van der Waals surface area contributed by atoms with Crippen LogP contribution in [0.4, 0.5) is 0 Å². The van der Waals surface area contributed by atoms with Gasteiger partial charge in [0.1, 0.15) is 31.0 Å². The van der Waals surface area contributed by atoms with Crippen molar-refractivity contribution in [3.05, 3.63) is 0 Å². The Kier molecular flexibility index (Phi) is 11.9. The third-order valence-electron chi connectivity index (χ3n) is 9.66. The fourth-order valence-electron chi connectivity index (χ4n) is 7.68. The highest BCUT2D eigenvalue weighted by molar-refractivity contribution is 5.69. The van der Waals surface area contributed by atoms with Crippen molar-refractivity contribution in [3.8, 4) is 0 Å². The van der Waals surface area contributed by atoms with Crippen molar-refractivity contribution in [3.63, 3.8) is 0 Å². The van der Waals surface area contributed by atoms with Crippen molar-refractivity contribution in [2.24, 2.45) is 5.92 Å². The van der Waals surface area contributed by atoms with Crippen LogP contribution >= 0.6 is 0 Å². The zero-order valence-electron chi connectivity index (χ0n) is 30.1. The zero-order chi connectivity index (χ0) is 37.2. The maximum Gasteiger partial charge on any atom is 0.303 e.